The highest BCUT2D eigenvalue weighted by molar-refractivity contribution is 5.56. The highest BCUT2D eigenvalue weighted by Gasteiger charge is 2.19. The molecule has 1 aromatic carbocycles. The largest absolute Gasteiger partial charge is 0.362 e. The topological polar surface area (TPSA) is 42.1 Å². The SMILES string of the molecule is NCc1cnccc1N1Cc2ccccc2C1. The minimum absolute atomic E-state index is 0.538. The van der Waals surface area contributed by atoms with E-state index in [0.717, 1.165) is 18.7 Å². The van der Waals surface area contributed by atoms with E-state index in [1.807, 2.05) is 18.5 Å². The van der Waals surface area contributed by atoms with Gasteiger partial charge in [0.25, 0.3) is 0 Å². The maximum absolute atomic E-state index is 5.76. The van der Waals surface area contributed by atoms with Gasteiger partial charge in [-0.2, -0.15) is 0 Å². The van der Waals surface area contributed by atoms with Crippen LogP contribution in [0.3, 0.4) is 0 Å². The van der Waals surface area contributed by atoms with Gasteiger partial charge in [-0.05, 0) is 17.2 Å². The van der Waals surface area contributed by atoms with Crippen molar-refractivity contribution in [1.82, 2.24) is 4.98 Å². The molecule has 2 heterocycles. The molecule has 0 saturated carbocycles. The van der Waals surface area contributed by atoms with Crippen LogP contribution >= 0.6 is 0 Å². The van der Waals surface area contributed by atoms with Crippen molar-refractivity contribution < 1.29 is 0 Å². The summed E-state index contributed by atoms with van der Waals surface area (Å²) in [6.07, 6.45) is 3.69. The zero-order chi connectivity index (χ0) is 11.7. The summed E-state index contributed by atoms with van der Waals surface area (Å²) in [6, 6.07) is 10.6. The fourth-order valence-corrected chi connectivity index (χ4v) is 2.39. The molecule has 1 aromatic heterocycles. The van der Waals surface area contributed by atoms with Crippen LogP contribution in [0.4, 0.5) is 5.69 Å². The first kappa shape index (κ1) is 10.3. The van der Waals surface area contributed by atoms with E-state index in [2.05, 4.69) is 34.1 Å². The fraction of sp³-hybridized carbons (Fsp3) is 0.214. The van der Waals surface area contributed by atoms with Gasteiger partial charge in [-0.1, -0.05) is 24.3 Å². The third-order valence-corrected chi connectivity index (χ3v) is 3.28. The quantitative estimate of drug-likeness (QED) is 0.850. The molecular weight excluding hydrogens is 210 g/mol. The van der Waals surface area contributed by atoms with Gasteiger partial charge < -0.3 is 10.6 Å². The van der Waals surface area contributed by atoms with Crippen LogP contribution in [-0.2, 0) is 19.6 Å². The predicted octanol–water partition coefficient (Wildman–Crippen LogP) is 2.06. The van der Waals surface area contributed by atoms with Gasteiger partial charge in [0.05, 0.1) is 0 Å². The molecule has 1 aliphatic rings. The third-order valence-electron chi connectivity index (χ3n) is 3.28. The van der Waals surface area contributed by atoms with Crippen LogP contribution in [0, 0.1) is 0 Å². The van der Waals surface area contributed by atoms with Gasteiger partial charge in [0.15, 0.2) is 0 Å². The molecule has 0 saturated heterocycles. The number of pyridine rings is 1. The molecule has 3 nitrogen and oxygen atoms in total. The van der Waals surface area contributed by atoms with E-state index in [0.29, 0.717) is 6.54 Å². The van der Waals surface area contributed by atoms with E-state index in [1.54, 1.807) is 0 Å². The van der Waals surface area contributed by atoms with Crippen LogP contribution in [0.2, 0.25) is 0 Å². The lowest BCUT2D eigenvalue weighted by Gasteiger charge is -2.20. The van der Waals surface area contributed by atoms with Gasteiger partial charge >= 0.3 is 0 Å². The van der Waals surface area contributed by atoms with E-state index < -0.39 is 0 Å². The molecule has 1 aliphatic heterocycles. The Bertz CT molecular complexity index is 511. The number of aromatic nitrogens is 1. The number of benzene rings is 1. The summed E-state index contributed by atoms with van der Waals surface area (Å²) < 4.78 is 0. The standard InChI is InChI=1S/C14H15N3/c15-7-13-8-16-6-5-14(13)17-9-11-3-1-2-4-12(11)10-17/h1-6,8H,7,9-10,15H2. The van der Waals surface area contributed by atoms with E-state index in [-0.39, 0.29) is 0 Å². The molecular formula is C14H15N3. The number of rotatable bonds is 2. The Labute approximate surface area is 101 Å². The Morgan fingerprint density at radius 3 is 2.47 bits per heavy atom. The lowest BCUT2D eigenvalue weighted by atomic mass is 10.1. The molecule has 86 valence electrons. The van der Waals surface area contributed by atoms with Crippen LogP contribution in [0.1, 0.15) is 16.7 Å². The average Bonchev–Trinajstić information content (AvgIpc) is 2.82. The number of anilines is 1. The maximum atomic E-state index is 5.76. The van der Waals surface area contributed by atoms with Crippen molar-refractivity contribution in [3.8, 4) is 0 Å². The molecule has 3 rings (SSSR count). The zero-order valence-corrected chi connectivity index (χ0v) is 9.63. The van der Waals surface area contributed by atoms with Crippen molar-refractivity contribution >= 4 is 5.69 Å². The van der Waals surface area contributed by atoms with E-state index >= 15 is 0 Å². The summed E-state index contributed by atoms with van der Waals surface area (Å²) in [7, 11) is 0. The average molecular weight is 225 g/mol. The molecule has 2 aromatic rings. The van der Waals surface area contributed by atoms with Gasteiger partial charge in [0.1, 0.15) is 0 Å². The summed E-state index contributed by atoms with van der Waals surface area (Å²) in [4.78, 5) is 6.49. The molecule has 0 aliphatic carbocycles. The third kappa shape index (κ3) is 1.78. The zero-order valence-electron chi connectivity index (χ0n) is 9.63. The van der Waals surface area contributed by atoms with E-state index in [9.17, 15) is 0 Å². The van der Waals surface area contributed by atoms with Crippen molar-refractivity contribution in [3.05, 3.63) is 59.4 Å². The second-order valence-electron chi connectivity index (χ2n) is 4.33. The maximum Gasteiger partial charge on any atom is 0.0448 e. The second-order valence-corrected chi connectivity index (χ2v) is 4.33. The first-order valence-electron chi connectivity index (χ1n) is 5.83. The molecule has 2 N–H and O–H groups in total. The van der Waals surface area contributed by atoms with E-state index in [4.69, 9.17) is 5.73 Å². The Morgan fingerprint density at radius 2 is 1.82 bits per heavy atom. The lowest BCUT2D eigenvalue weighted by molar-refractivity contribution is 0.861. The highest BCUT2D eigenvalue weighted by Crippen LogP contribution is 2.29. The Kier molecular flexibility index (Phi) is 2.53. The van der Waals surface area contributed by atoms with Crippen molar-refractivity contribution in [2.24, 2.45) is 5.73 Å². The summed E-state index contributed by atoms with van der Waals surface area (Å²) in [5.41, 5.74) is 10.9. The molecule has 0 atom stereocenters. The van der Waals surface area contributed by atoms with Crippen LogP contribution in [0.5, 0.6) is 0 Å². The second kappa shape index (κ2) is 4.18. The van der Waals surface area contributed by atoms with Crippen molar-refractivity contribution in [2.45, 2.75) is 19.6 Å². The van der Waals surface area contributed by atoms with Crippen LogP contribution < -0.4 is 10.6 Å². The number of nitrogens with zero attached hydrogens (tertiary/aromatic N) is 2. The molecule has 3 heteroatoms. The van der Waals surface area contributed by atoms with Crippen molar-refractivity contribution in [2.75, 3.05) is 4.90 Å². The van der Waals surface area contributed by atoms with E-state index in [1.165, 1.54) is 16.8 Å². The summed E-state index contributed by atoms with van der Waals surface area (Å²) >= 11 is 0. The van der Waals surface area contributed by atoms with Gasteiger partial charge in [-0.3, -0.25) is 4.98 Å². The highest BCUT2D eigenvalue weighted by atomic mass is 15.1. The van der Waals surface area contributed by atoms with Crippen LogP contribution in [-0.4, -0.2) is 4.98 Å². The normalized spacial score (nSPS) is 13.8. The first-order valence-corrected chi connectivity index (χ1v) is 5.83. The minimum atomic E-state index is 0.538. The fourth-order valence-electron chi connectivity index (χ4n) is 2.39. The number of nitrogens with two attached hydrogens (primary N) is 1. The summed E-state index contributed by atoms with van der Waals surface area (Å²) in [6.45, 7) is 2.47. The van der Waals surface area contributed by atoms with Gasteiger partial charge in [0.2, 0.25) is 0 Å². The molecule has 0 fully saturated rings. The van der Waals surface area contributed by atoms with Crippen molar-refractivity contribution in [1.29, 1.82) is 0 Å². The molecule has 0 amide bonds. The molecule has 0 spiro atoms. The number of fused-ring (bicyclic) bond motifs is 1. The molecule has 0 radical (unpaired) electrons. The smallest absolute Gasteiger partial charge is 0.0448 e. The van der Waals surface area contributed by atoms with Gasteiger partial charge in [-0.15, -0.1) is 0 Å². The minimum Gasteiger partial charge on any atom is -0.362 e. The monoisotopic (exact) mass is 225 g/mol. The number of hydrogen-bond acceptors (Lipinski definition) is 3. The van der Waals surface area contributed by atoms with Gasteiger partial charge in [0, 0.05) is 43.3 Å². The molecule has 17 heavy (non-hydrogen) atoms. The van der Waals surface area contributed by atoms with Crippen LogP contribution in [0.25, 0.3) is 0 Å². The Hall–Kier alpha value is -1.87. The van der Waals surface area contributed by atoms with Crippen molar-refractivity contribution in [3.63, 3.8) is 0 Å². The van der Waals surface area contributed by atoms with Crippen LogP contribution in [0.15, 0.2) is 42.7 Å². The molecule has 0 bridgehead atoms. The lowest BCUT2D eigenvalue weighted by Crippen LogP contribution is -2.17. The first-order chi connectivity index (χ1) is 8.38. The summed E-state index contributed by atoms with van der Waals surface area (Å²) in [5.74, 6) is 0. The van der Waals surface area contributed by atoms with Gasteiger partial charge in [-0.25, -0.2) is 0 Å². The molecule has 0 unspecified atom stereocenters. The Balaban J connectivity index is 1.94. The summed E-state index contributed by atoms with van der Waals surface area (Å²) in [5, 5.41) is 0. The number of hydrogen-bond donors (Lipinski definition) is 1. The predicted molar refractivity (Wildman–Crippen MR) is 68.5 cm³/mol. The Morgan fingerprint density at radius 1 is 1.12 bits per heavy atom.